The molecule has 3 atom stereocenters. The number of rotatable bonds is 13. The minimum atomic E-state index is -1.45. The Morgan fingerprint density at radius 2 is 1.50 bits per heavy atom. The second kappa shape index (κ2) is 12.5. The fourth-order valence-corrected chi connectivity index (χ4v) is 2.07. The van der Waals surface area contributed by atoms with Gasteiger partial charge in [-0.1, -0.05) is 0 Å². The van der Waals surface area contributed by atoms with Gasteiger partial charge in [-0.25, -0.2) is 4.79 Å². The number of carbonyl (C=O) groups is 6. The van der Waals surface area contributed by atoms with E-state index in [4.69, 9.17) is 21.1 Å². The number of nitrogens with one attached hydrogen (secondary N) is 3. The number of amides is 3. The number of carboxylic acids is 3. The highest BCUT2D eigenvalue weighted by atomic mass is 32.1. The van der Waals surface area contributed by atoms with E-state index in [9.17, 15) is 28.8 Å². The molecular formula is C14H22N4O9S. The molecule has 28 heavy (non-hydrogen) atoms. The van der Waals surface area contributed by atoms with Gasteiger partial charge in [0.15, 0.2) is 0 Å². The Kier molecular flexibility index (Phi) is 11.2. The van der Waals surface area contributed by atoms with E-state index >= 15 is 0 Å². The van der Waals surface area contributed by atoms with Gasteiger partial charge in [-0.05, 0) is 6.42 Å². The highest BCUT2D eigenvalue weighted by molar-refractivity contribution is 7.80. The fraction of sp³-hybridized carbons (Fsp3) is 0.571. The summed E-state index contributed by atoms with van der Waals surface area (Å²) < 4.78 is 0. The maximum absolute atomic E-state index is 12.0. The second-order valence-corrected chi connectivity index (χ2v) is 5.92. The molecule has 0 aliphatic carbocycles. The van der Waals surface area contributed by atoms with Crippen LogP contribution in [0.25, 0.3) is 0 Å². The van der Waals surface area contributed by atoms with Crippen LogP contribution >= 0.6 is 12.6 Å². The third-order valence-electron chi connectivity index (χ3n) is 3.25. The molecule has 0 saturated carbocycles. The van der Waals surface area contributed by atoms with Crippen LogP contribution in [0.5, 0.6) is 0 Å². The van der Waals surface area contributed by atoms with Gasteiger partial charge in [0.1, 0.15) is 12.1 Å². The highest BCUT2D eigenvalue weighted by Gasteiger charge is 2.25. The molecule has 0 rings (SSSR count). The van der Waals surface area contributed by atoms with Gasteiger partial charge in [0.25, 0.3) is 0 Å². The van der Waals surface area contributed by atoms with Gasteiger partial charge >= 0.3 is 17.9 Å². The highest BCUT2D eigenvalue weighted by Crippen LogP contribution is 1.98. The van der Waals surface area contributed by atoms with Crippen molar-refractivity contribution in [3.63, 3.8) is 0 Å². The Labute approximate surface area is 164 Å². The van der Waals surface area contributed by atoms with E-state index < -0.39 is 73.1 Å². The Hall–Kier alpha value is -2.87. The van der Waals surface area contributed by atoms with Crippen molar-refractivity contribution >= 4 is 48.3 Å². The summed E-state index contributed by atoms with van der Waals surface area (Å²) in [6.07, 6.45) is -1.48. The molecule has 13 nitrogen and oxygen atoms in total. The van der Waals surface area contributed by atoms with Crippen molar-refractivity contribution in [1.29, 1.82) is 0 Å². The molecule has 0 aliphatic rings. The smallest absolute Gasteiger partial charge is 0.326 e. The SMILES string of the molecule is NC(CC(=O)O)C(=O)NC(CS)C(=O)NCC(=O)NC(CCC(=O)O)C(=O)O. The van der Waals surface area contributed by atoms with E-state index in [1.54, 1.807) is 0 Å². The molecule has 8 N–H and O–H groups in total. The molecule has 0 aliphatic heterocycles. The van der Waals surface area contributed by atoms with Crippen molar-refractivity contribution < 1.29 is 44.1 Å². The molecule has 3 amide bonds. The van der Waals surface area contributed by atoms with Gasteiger partial charge < -0.3 is 37.0 Å². The third kappa shape index (κ3) is 10.3. The van der Waals surface area contributed by atoms with Crippen molar-refractivity contribution in [2.45, 2.75) is 37.4 Å². The summed E-state index contributed by atoms with van der Waals surface area (Å²) in [5, 5.41) is 32.5. The molecule has 0 radical (unpaired) electrons. The maximum Gasteiger partial charge on any atom is 0.326 e. The lowest BCUT2D eigenvalue weighted by Gasteiger charge is -2.19. The molecule has 0 saturated heterocycles. The van der Waals surface area contributed by atoms with E-state index in [1.807, 2.05) is 0 Å². The van der Waals surface area contributed by atoms with E-state index in [1.165, 1.54) is 0 Å². The first-order valence-corrected chi connectivity index (χ1v) is 8.51. The lowest BCUT2D eigenvalue weighted by molar-refractivity contribution is -0.143. The summed E-state index contributed by atoms with van der Waals surface area (Å²) in [7, 11) is 0. The zero-order valence-corrected chi connectivity index (χ0v) is 15.5. The number of hydrogen-bond donors (Lipinski definition) is 8. The largest absolute Gasteiger partial charge is 0.481 e. The minimum Gasteiger partial charge on any atom is -0.481 e. The summed E-state index contributed by atoms with van der Waals surface area (Å²) in [6, 6.07) is -4.05. The molecule has 14 heteroatoms. The van der Waals surface area contributed by atoms with E-state index in [-0.39, 0.29) is 12.2 Å². The first kappa shape index (κ1) is 25.1. The van der Waals surface area contributed by atoms with Crippen molar-refractivity contribution in [3.8, 4) is 0 Å². The molecule has 158 valence electrons. The zero-order valence-electron chi connectivity index (χ0n) is 14.6. The molecule has 0 aromatic rings. The third-order valence-corrected chi connectivity index (χ3v) is 3.62. The number of carboxylic acid groups (broad SMARTS) is 3. The van der Waals surface area contributed by atoms with Crippen LogP contribution in [0, 0.1) is 0 Å². The predicted octanol–water partition coefficient (Wildman–Crippen LogP) is -3.25. The average Bonchev–Trinajstić information content (AvgIpc) is 2.59. The standard InChI is InChI=1S/C14H22N4O9S/c15-6(3-11(22)23)12(24)18-8(5-28)13(25)16-4-9(19)17-7(14(26)27)1-2-10(20)21/h6-8,28H,1-5,15H2,(H,16,25)(H,17,19)(H,18,24)(H,20,21)(H,22,23)(H,26,27). The van der Waals surface area contributed by atoms with Crippen LogP contribution in [0.4, 0.5) is 0 Å². The number of nitrogens with two attached hydrogens (primary N) is 1. The van der Waals surface area contributed by atoms with Crippen LogP contribution in [0.3, 0.4) is 0 Å². The van der Waals surface area contributed by atoms with Crippen LogP contribution in [0.15, 0.2) is 0 Å². The van der Waals surface area contributed by atoms with Crippen LogP contribution in [-0.4, -0.2) is 81.4 Å². The zero-order chi connectivity index (χ0) is 21.9. The van der Waals surface area contributed by atoms with Gasteiger partial charge in [-0.15, -0.1) is 0 Å². The van der Waals surface area contributed by atoms with Crippen LogP contribution in [0.2, 0.25) is 0 Å². The first-order chi connectivity index (χ1) is 13.0. The van der Waals surface area contributed by atoms with E-state index in [0.717, 1.165) is 0 Å². The summed E-state index contributed by atoms with van der Waals surface area (Å²) in [5.74, 6) is -6.79. The van der Waals surface area contributed by atoms with Crippen molar-refractivity contribution in [1.82, 2.24) is 16.0 Å². The van der Waals surface area contributed by atoms with Gasteiger partial charge in [0, 0.05) is 12.2 Å². The summed E-state index contributed by atoms with van der Waals surface area (Å²) in [6.45, 7) is -0.642. The molecule has 3 unspecified atom stereocenters. The molecule has 0 heterocycles. The Balaban J connectivity index is 4.59. The summed E-state index contributed by atoms with van der Waals surface area (Å²) in [5.41, 5.74) is 5.37. The van der Waals surface area contributed by atoms with Crippen LogP contribution < -0.4 is 21.7 Å². The van der Waals surface area contributed by atoms with Gasteiger partial charge in [0.05, 0.1) is 19.0 Å². The maximum atomic E-state index is 12.0. The van der Waals surface area contributed by atoms with Crippen molar-refractivity contribution in [2.24, 2.45) is 5.73 Å². The lowest BCUT2D eigenvalue weighted by atomic mass is 10.1. The Morgan fingerprint density at radius 1 is 0.893 bits per heavy atom. The number of carbonyl (C=O) groups excluding carboxylic acids is 3. The fourth-order valence-electron chi connectivity index (χ4n) is 1.81. The summed E-state index contributed by atoms with van der Waals surface area (Å²) >= 11 is 3.88. The van der Waals surface area contributed by atoms with E-state index in [2.05, 4.69) is 28.6 Å². The molecule has 0 spiro atoms. The van der Waals surface area contributed by atoms with Crippen molar-refractivity contribution in [3.05, 3.63) is 0 Å². The van der Waals surface area contributed by atoms with Gasteiger partial charge in [0.2, 0.25) is 17.7 Å². The second-order valence-electron chi connectivity index (χ2n) is 5.56. The van der Waals surface area contributed by atoms with Crippen molar-refractivity contribution in [2.75, 3.05) is 12.3 Å². The quantitative estimate of drug-likeness (QED) is 0.138. The number of hydrogen-bond acceptors (Lipinski definition) is 8. The summed E-state index contributed by atoms with van der Waals surface area (Å²) in [4.78, 5) is 67.5. The molecule has 0 aromatic heterocycles. The monoisotopic (exact) mass is 422 g/mol. The predicted molar refractivity (Wildman–Crippen MR) is 95.5 cm³/mol. The van der Waals surface area contributed by atoms with Gasteiger partial charge in [-0.2, -0.15) is 12.6 Å². The number of thiol groups is 1. The topological polar surface area (TPSA) is 225 Å². The lowest BCUT2D eigenvalue weighted by Crippen LogP contribution is -2.54. The number of aliphatic carboxylic acids is 3. The van der Waals surface area contributed by atoms with Gasteiger partial charge in [-0.3, -0.25) is 24.0 Å². The normalized spacial score (nSPS) is 13.5. The first-order valence-electron chi connectivity index (χ1n) is 7.88. The molecule has 0 bridgehead atoms. The van der Waals surface area contributed by atoms with Crippen LogP contribution in [-0.2, 0) is 28.8 Å². The Bertz CT molecular complexity index is 628. The molecule has 0 aromatic carbocycles. The van der Waals surface area contributed by atoms with Crippen LogP contribution in [0.1, 0.15) is 19.3 Å². The van der Waals surface area contributed by atoms with E-state index in [0.29, 0.717) is 0 Å². The minimum absolute atomic E-state index is 0.185. The average molecular weight is 422 g/mol. The molecule has 0 fully saturated rings. The Morgan fingerprint density at radius 3 is 1.96 bits per heavy atom. The molecular weight excluding hydrogens is 400 g/mol.